The lowest BCUT2D eigenvalue weighted by Crippen LogP contribution is -2.16. The molecule has 0 amide bonds. The number of rotatable bonds is 11. The number of anilines is 3. The van der Waals surface area contributed by atoms with Crippen molar-refractivity contribution < 1.29 is 19.1 Å². The highest BCUT2D eigenvalue weighted by atomic mass is 16.5. The van der Waals surface area contributed by atoms with Crippen LogP contribution >= 0.6 is 0 Å². The molecule has 1 aliphatic rings. The van der Waals surface area contributed by atoms with E-state index in [9.17, 15) is 9.59 Å². The van der Waals surface area contributed by atoms with Gasteiger partial charge in [0.1, 0.15) is 0 Å². The molecule has 0 spiro atoms. The van der Waals surface area contributed by atoms with E-state index in [0.717, 1.165) is 28.2 Å². The Labute approximate surface area is 247 Å². The molecule has 0 heterocycles. The second kappa shape index (κ2) is 12.3. The van der Waals surface area contributed by atoms with Crippen molar-refractivity contribution in [3.05, 3.63) is 139 Å². The fraction of sp³-hybridized carbons (Fsp3) is 0.189. The van der Waals surface area contributed by atoms with Crippen molar-refractivity contribution in [3.8, 4) is 11.1 Å². The lowest BCUT2D eigenvalue weighted by molar-refractivity contribution is -0.138. The molecule has 0 N–H and O–H groups in total. The van der Waals surface area contributed by atoms with Crippen LogP contribution in [0.15, 0.2) is 116 Å². The Bertz CT molecular complexity index is 1550. The van der Waals surface area contributed by atoms with E-state index >= 15 is 0 Å². The summed E-state index contributed by atoms with van der Waals surface area (Å²) in [7, 11) is 0. The fourth-order valence-electron chi connectivity index (χ4n) is 5.56. The Morgan fingerprint density at radius 3 is 1.67 bits per heavy atom. The van der Waals surface area contributed by atoms with Crippen LogP contribution < -0.4 is 4.90 Å². The Balaban J connectivity index is 1.47. The lowest BCUT2D eigenvalue weighted by atomic mass is 9.82. The average Bonchev–Trinajstić information content (AvgIpc) is 3.24. The molecule has 212 valence electrons. The lowest BCUT2D eigenvalue weighted by Gasteiger charge is -2.28. The quantitative estimate of drug-likeness (QED) is 0.138. The Morgan fingerprint density at radius 2 is 1.14 bits per heavy atom. The number of carbonyl (C=O) groups is 2. The van der Waals surface area contributed by atoms with E-state index in [-0.39, 0.29) is 5.41 Å². The van der Waals surface area contributed by atoms with Crippen LogP contribution in [0.4, 0.5) is 17.1 Å². The minimum Gasteiger partial charge on any atom is -0.462 e. The molecule has 4 aromatic rings. The second-order valence-corrected chi connectivity index (χ2v) is 10.8. The minimum atomic E-state index is -0.415. The number of esters is 2. The summed E-state index contributed by atoms with van der Waals surface area (Å²) in [5, 5.41) is 0. The number of nitrogens with zero attached hydrogens (tertiary/aromatic N) is 1. The van der Waals surface area contributed by atoms with Crippen LogP contribution in [0.3, 0.4) is 0 Å². The van der Waals surface area contributed by atoms with Crippen molar-refractivity contribution in [2.45, 2.75) is 32.1 Å². The molecule has 0 aromatic heterocycles. The van der Waals surface area contributed by atoms with Crippen LogP contribution in [0.25, 0.3) is 11.1 Å². The van der Waals surface area contributed by atoms with Gasteiger partial charge < -0.3 is 14.4 Å². The van der Waals surface area contributed by atoms with E-state index in [1.807, 2.05) is 0 Å². The summed E-state index contributed by atoms with van der Waals surface area (Å²) < 4.78 is 10.3. The van der Waals surface area contributed by atoms with E-state index < -0.39 is 11.9 Å². The maximum absolute atomic E-state index is 11.4. The van der Waals surface area contributed by atoms with E-state index in [0.29, 0.717) is 26.1 Å². The number of carbonyl (C=O) groups excluding carboxylic acids is 2. The molecule has 0 radical (unpaired) electrons. The van der Waals surface area contributed by atoms with Gasteiger partial charge in [0.25, 0.3) is 0 Å². The van der Waals surface area contributed by atoms with Gasteiger partial charge in [0, 0.05) is 47.5 Å². The Morgan fingerprint density at radius 1 is 0.667 bits per heavy atom. The van der Waals surface area contributed by atoms with Gasteiger partial charge in [0.05, 0.1) is 13.2 Å². The maximum Gasteiger partial charge on any atom is 0.330 e. The molecule has 5 nitrogen and oxygen atoms in total. The molecule has 42 heavy (non-hydrogen) atoms. The molecule has 0 atom stereocenters. The van der Waals surface area contributed by atoms with Crippen molar-refractivity contribution >= 4 is 29.0 Å². The zero-order valence-electron chi connectivity index (χ0n) is 24.1. The second-order valence-electron chi connectivity index (χ2n) is 10.8. The van der Waals surface area contributed by atoms with E-state index in [1.54, 1.807) is 0 Å². The standard InChI is InChI=1S/C37H35NO4/c1-5-35(39)41-23-21-26-11-15-28(16-12-26)38(29-17-13-27(14-18-29)22-24-42-36(40)6-2)30-19-20-32-31-9-7-8-10-33(31)37(3,4)34(32)25-30/h5-20,25H,1-2,21-24H2,3-4H3. The molecule has 5 heteroatoms. The molecule has 0 aliphatic heterocycles. The molecule has 0 bridgehead atoms. The van der Waals surface area contributed by atoms with Gasteiger partial charge >= 0.3 is 11.9 Å². The third kappa shape index (κ3) is 5.91. The zero-order valence-corrected chi connectivity index (χ0v) is 24.1. The largest absolute Gasteiger partial charge is 0.462 e. The zero-order chi connectivity index (χ0) is 29.7. The number of ether oxygens (including phenoxy) is 2. The molecule has 4 aromatic carbocycles. The minimum absolute atomic E-state index is 0.118. The molecule has 1 aliphatic carbocycles. The van der Waals surface area contributed by atoms with E-state index in [2.05, 4.69) is 123 Å². The monoisotopic (exact) mass is 557 g/mol. The smallest absolute Gasteiger partial charge is 0.330 e. The van der Waals surface area contributed by atoms with Crippen molar-refractivity contribution in [2.24, 2.45) is 0 Å². The van der Waals surface area contributed by atoms with Crippen molar-refractivity contribution in [1.29, 1.82) is 0 Å². The predicted molar refractivity (Wildman–Crippen MR) is 168 cm³/mol. The number of hydrogen-bond donors (Lipinski definition) is 0. The summed E-state index contributed by atoms with van der Waals surface area (Å²) in [6.45, 7) is 12.1. The highest BCUT2D eigenvalue weighted by Gasteiger charge is 2.35. The molecular weight excluding hydrogens is 522 g/mol. The first-order valence-electron chi connectivity index (χ1n) is 14.1. The van der Waals surface area contributed by atoms with Crippen LogP contribution in [0.5, 0.6) is 0 Å². The van der Waals surface area contributed by atoms with Gasteiger partial charge in [0.2, 0.25) is 0 Å². The Kier molecular flexibility index (Phi) is 8.39. The highest BCUT2D eigenvalue weighted by molar-refractivity contribution is 5.85. The van der Waals surface area contributed by atoms with Gasteiger partial charge in [-0.2, -0.15) is 0 Å². The molecule has 0 saturated carbocycles. The van der Waals surface area contributed by atoms with Crippen molar-refractivity contribution in [3.63, 3.8) is 0 Å². The molecular formula is C37H35NO4. The summed E-state index contributed by atoms with van der Waals surface area (Å²) in [5.74, 6) is -0.830. The average molecular weight is 558 g/mol. The number of hydrogen-bond acceptors (Lipinski definition) is 5. The van der Waals surface area contributed by atoms with Gasteiger partial charge in [-0.1, -0.05) is 81.6 Å². The molecule has 0 unspecified atom stereocenters. The van der Waals surface area contributed by atoms with Crippen LogP contribution in [0.2, 0.25) is 0 Å². The molecule has 0 fully saturated rings. The van der Waals surface area contributed by atoms with Gasteiger partial charge in [-0.3, -0.25) is 0 Å². The predicted octanol–water partition coefficient (Wildman–Crippen LogP) is 8.01. The topological polar surface area (TPSA) is 55.8 Å². The summed E-state index contributed by atoms with van der Waals surface area (Å²) in [5.41, 5.74) is 10.3. The van der Waals surface area contributed by atoms with Gasteiger partial charge in [-0.25, -0.2) is 9.59 Å². The van der Waals surface area contributed by atoms with Gasteiger partial charge in [-0.05, 0) is 69.8 Å². The van der Waals surface area contributed by atoms with Gasteiger partial charge in [-0.15, -0.1) is 0 Å². The maximum atomic E-state index is 11.4. The highest BCUT2D eigenvalue weighted by Crippen LogP contribution is 2.50. The third-order valence-corrected chi connectivity index (χ3v) is 7.82. The van der Waals surface area contributed by atoms with Gasteiger partial charge in [0.15, 0.2) is 0 Å². The van der Waals surface area contributed by atoms with Crippen LogP contribution in [-0.4, -0.2) is 25.2 Å². The summed E-state index contributed by atoms with van der Waals surface area (Å²) in [6.07, 6.45) is 3.60. The fourth-order valence-corrected chi connectivity index (χ4v) is 5.56. The first-order chi connectivity index (χ1) is 20.3. The van der Waals surface area contributed by atoms with Crippen LogP contribution in [-0.2, 0) is 37.3 Å². The SMILES string of the molecule is C=CC(=O)OCCc1ccc(N(c2ccc(CCOC(=O)C=C)cc2)c2ccc3c(c2)C(C)(C)c2ccccc2-3)cc1. The number of fused-ring (bicyclic) bond motifs is 3. The first-order valence-corrected chi connectivity index (χ1v) is 14.1. The molecule has 0 saturated heterocycles. The third-order valence-electron chi connectivity index (χ3n) is 7.82. The Hall–Kier alpha value is -4.90. The number of benzene rings is 4. The van der Waals surface area contributed by atoms with E-state index in [1.165, 1.54) is 34.4 Å². The summed E-state index contributed by atoms with van der Waals surface area (Å²) in [6, 6.07) is 32.0. The van der Waals surface area contributed by atoms with Crippen molar-refractivity contribution in [2.75, 3.05) is 18.1 Å². The summed E-state index contributed by atoms with van der Waals surface area (Å²) in [4.78, 5) is 25.1. The summed E-state index contributed by atoms with van der Waals surface area (Å²) >= 11 is 0. The normalized spacial score (nSPS) is 12.5. The van der Waals surface area contributed by atoms with Crippen LogP contribution in [0, 0.1) is 0 Å². The van der Waals surface area contributed by atoms with E-state index in [4.69, 9.17) is 9.47 Å². The first kappa shape index (κ1) is 28.6. The van der Waals surface area contributed by atoms with Crippen LogP contribution in [0.1, 0.15) is 36.1 Å². The van der Waals surface area contributed by atoms with Crippen molar-refractivity contribution in [1.82, 2.24) is 0 Å². The molecule has 5 rings (SSSR count).